The third-order valence-corrected chi connectivity index (χ3v) is 3.41. The maximum atomic E-state index is 5.37. The number of rotatable bonds is 6. The Morgan fingerprint density at radius 2 is 2.14 bits per heavy atom. The van der Waals surface area contributed by atoms with Crippen LogP contribution in [0, 0.1) is 6.92 Å². The zero-order chi connectivity index (χ0) is 15.2. The van der Waals surface area contributed by atoms with Crippen LogP contribution in [0.4, 0.5) is 17.5 Å². The number of hydrogen-bond donors (Lipinski definition) is 2. The minimum atomic E-state index is 0.624. The van der Waals surface area contributed by atoms with Crippen LogP contribution in [-0.4, -0.2) is 23.6 Å². The van der Waals surface area contributed by atoms with E-state index >= 15 is 0 Å². The first-order chi connectivity index (χ1) is 10.1. The molecular formula is C15H19BrN4O. The summed E-state index contributed by atoms with van der Waals surface area (Å²) >= 11 is 3.47. The number of aryl methyl sites for hydroxylation is 1. The summed E-state index contributed by atoms with van der Waals surface area (Å²) in [7, 11) is 1.65. The molecule has 0 spiro atoms. The van der Waals surface area contributed by atoms with E-state index in [-0.39, 0.29) is 0 Å². The van der Waals surface area contributed by atoms with Crippen molar-refractivity contribution in [3.63, 3.8) is 0 Å². The number of ether oxygens (including phenoxy) is 1. The Labute approximate surface area is 133 Å². The minimum Gasteiger partial charge on any atom is -0.495 e. The Bertz CT molecular complexity index is 619. The molecule has 1 aromatic heterocycles. The molecule has 0 atom stereocenters. The van der Waals surface area contributed by atoms with Crippen LogP contribution in [0.3, 0.4) is 0 Å². The van der Waals surface area contributed by atoms with Crippen molar-refractivity contribution in [2.75, 3.05) is 24.3 Å². The molecule has 0 saturated heterocycles. The number of benzene rings is 1. The van der Waals surface area contributed by atoms with E-state index in [1.165, 1.54) is 0 Å². The molecule has 0 aliphatic rings. The summed E-state index contributed by atoms with van der Waals surface area (Å²) in [5.41, 5.74) is 1.83. The maximum absolute atomic E-state index is 5.37. The first kappa shape index (κ1) is 15.6. The molecule has 1 aromatic carbocycles. The van der Waals surface area contributed by atoms with Crippen molar-refractivity contribution in [2.24, 2.45) is 0 Å². The van der Waals surface area contributed by atoms with Crippen LogP contribution in [-0.2, 0) is 0 Å². The Hall–Kier alpha value is -1.82. The maximum Gasteiger partial charge on any atom is 0.224 e. The van der Waals surface area contributed by atoms with Crippen LogP contribution in [0.2, 0.25) is 0 Å². The normalized spacial score (nSPS) is 10.3. The number of methoxy groups -OCH3 is 1. The first-order valence-corrected chi connectivity index (χ1v) is 7.61. The van der Waals surface area contributed by atoms with Gasteiger partial charge < -0.3 is 15.4 Å². The smallest absolute Gasteiger partial charge is 0.224 e. The average molecular weight is 351 g/mol. The second-order valence-corrected chi connectivity index (χ2v) is 5.54. The lowest BCUT2D eigenvalue weighted by Gasteiger charge is -2.13. The predicted molar refractivity (Wildman–Crippen MR) is 89.5 cm³/mol. The molecule has 5 nitrogen and oxygen atoms in total. The monoisotopic (exact) mass is 350 g/mol. The molecule has 2 aromatic rings. The number of nitrogens with zero attached hydrogens (tertiary/aromatic N) is 2. The van der Waals surface area contributed by atoms with Crippen molar-refractivity contribution in [1.29, 1.82) is 0 Å². The van der Waals surface area contributed by atoms with Crippen LogP contribution in [0.15, 0.2) is 28.9 Å². The van der Waals surface area contributed by atoms with Gasteiger partial charge in [0.05, 0.1) is 12.8 Å². The summed E-state index contributed by atoms with van der Waals surface area (Å²) < 4.78 is 6.34. The Kier molecular flexibility index (Phi) is 5.38. The van der Waals surface area contributed by atoms with E-state index < -0.39 is 0 Å². The van der Waals surface area contributed by atoms with Gasteiger partial charge in [-0.25, -0.2) is 4.98 Å². The third kappa shape index (κ3) is 4.07. The van der Waals surface area contributed by atoms with Crippen molar-refractivity contribution in [3.05, 3.63) is 34.4 Å². The van der Waals surface area contributed by atoms with Crippen LogP contribution in [0.5, 0.6) is 5.75 Å². The highest BCUT2D eigenvalue weighted by Crippen LogP contribution is 2.31. The summed E-state index contributed by atoms with van der Waals surface area (Å²) in [5.74, 6) is 2.15. The fraction of sp³-hybridized carbons (Fsp3) is 0.333. The van der Waals surface area contributed by atoms with Gasteiger partial charge in [0, 0.05) is 22.8 Å². The molecule has 0 saturated carbocycles. The van der Waals surface area contributed by atoms with E-state index in [0.717, 1.165) is 40.3 Å². The van der Waals surface area contributed by atoms with Gasteiger partial charge in [-0.05, 0) is 31.5 Å². The number of aromatic nitrogens is 2. The van der Waals surface area contributed by atoms with E-state index in [2.05, 4.69) is 43.5 Å². The van der Waals surface area contributed by atoms with Crippen molar-refractivity contribution in [2.45, 2.75) is 20.3 Å². The van der Waals surface area contributed by atoms with Gasteiger partial charge in [0.15, 0.2) is 0 Å². The summed E-state index contributed by atoms with van der Waals surface area (Å²) in [6.07, 6.45) is 2.83. The molecule has 0 fully saturated rings. The molecule has 2 N–H and O–H groups in total. The molecule has 21 heavy (non-hydrogen) atoms. The summed E-state index contributed by atoms with van der Waals surface area (Å²) in [4.78, 5) is 8.78. The second kappa shape index (κ2) is 7.26. The molecule has 0 aliphatic carbocycles. The van der Waals surface area contributed by atoms with E-state index in [9.17, 15) is 0 Å². The molecule has 6 heteroatoms. The van der Waals surface area contributed by atoms with E-state index in [0.29, 0.717) is 5.95 Å². The standard InChI is InChI=1S/C15H19BrN4O/c1-4-7-17-15-18-9-10(2)14(20-15)19-12-8-11(16)5-6-13(12)21-3/h5-6,8-9H,4,7H2,1-3H3,(H2,17,18,19,20). The van der Waals surface area contributed by atoms with Gasteiger partial charge in [-0.1, -0.05) is 22.9 Å². The molecule has 0 amide bonds. The molecule has 0 aliphatic heterocycles. The van der Waals surface area contributed by atoms with Gasteiger partial charge >= 0.3 is 0 Å². The lowest BCUT2D eigenvalue weighted by molar-refractivity contribution is 0.416. The predicted octanol–water partition coefficient (Wildman–Crippen LogP) is 4.12. The minimum absolute atomic E-state index is 0.624. The Morgan fingerprint density at radius 1 is 1.33 bits per heavy atom. The number of anilines is 3. The van der Waals surface area contributed by atoms with Gasteiger partial charge in [0.1, 0.15) is 11.6 Å². The van der Waals surface area contributed by atoms with Crippen molar-refractivity contribution >= 4 is 33.4 Å². The van der Waals surface area contributed by atoms with Gasteiger partial charge in [-0.3, -0.25) is 0 Å². The molecule has 1 heterocycles. The average Bonchev–Trinajstić information content (AvgIpc) is 2.48. The Balaban J connectivity index is 2.28. The van der Waals surface area contributed by atoms with E-state index in [4.69, 9.17) is 4.74 Å². The molecule has 0 bridgehead atoms. The third-order valence-electron chi connectivity index (χ3n) is 2.92. The molecular weight excluding hydrogens is 332 g/mol. The lowest BCUT2D eigenvalue weighted by atomic mass is 10.2. The molecule has 2 rings (SSSR count). The Morgan fingerprint density at radius 3 is 2.86 bits per heavy atom. The zero-order valence-electron chi connectivity index (χ0n) is 12.4. The topological polar surface area (TPSA) is 59.1 Å². The number of halogens is 1. The van der Waals surface area contributed by atoms with Gasteiger partial charge in [-0.2, -0.15) is 4.98 Å². The van der Waals surface area contributed by atoms with Crippen LogP contribution >= 0.6 is 15.9 Å². The quantitative estimate of drug-likeness (QED) is 0.820. The van der Waals surface area contributed by atoms with Crippen molar-refractivity contribution < 1.29 is 4.74 Å². The largest absolute Gasteiger partial charge is 0.495 e. The highest BCUT2D eigenvalue weighted by atomic mass is 79.9. The van der Waals surface area contributed by atoms with Crippen LogP contribution in [0.25, 0.3) is 0 Å². The van der Waals surface area contributed by atoms with E-state index in [1.54, 1.807) is 13.3 Å². The summed E-state index contributed by atoms with van der Waals surface area (Å²) in [5, 5.41) is 6.49. The lowest BCUT2D eigenvalue weighted by Crippen LogP contribution is -2.07. The van der Waals surface area contributed by atoms with Gasteiger partial charge in [0.2, 0.25) is 5.95 Å². The zero-order valence-corrected chi connectivity index (χ0v) is 14.0. The highest BCUT2D eigenvalue weighted by molar-refractivity contribution is 9.10. The summed E-state index contributed by atoms with van der Waals surface area (Å²) in [6, 6.07) is 5.80. The first-order valence-electron chi connectivity index (χ1n) is 6.82. The van der Waals surface area contributed by atoms with Crippen LogP contribution < -0.4 is 15.4 Å². The fourth-order valence-corrected chi connectivity index (χ4v) is 2.16. The molecule has 0 radical (unpaired) electrons. The molecule has 0 unspecified atom stereocenters. The van der Waals surface area contributed by atoms with Crippen molar-refractivity contribution in [3.8, 4) is 5.75 Å². The SMILES string of the molecule is CCCNc1ncc(C)c(Nc2cc(Br)ccc2OC)n1. The fourth-order valence-electron chi connectivity index (χ4n) is 1.80. The summed E-state index contributed by atoms with van der Waals surface area (Å²) in [6.45, 7) is 4.92. The van der Waals surface area contributed by atoms with Gasteiger partial charge in [0.25, 0.3) is 0 Å². The highest BCUT2D eigenvalue weighted by Gasteiger charge is 2.08. The molecule has 112 valence electrons. The second-order valence-electron chi connectivity index (χ2n) is 4.62. The van der Waals surface area contributed by atoms with E-state index in [1.807, 2.05) is 25.1 Å². The van der Waals surface area contributed by atoms with Gasteiger partial charge in [-0.15, -0.1) is 0 Å². The van der Waals surface area contributed by atoms with Crippen LogP contribution in [0.1, 0.15) is 18.9 Å². The number of hydrogen-bond acceptors (Lipinski definition) is 5. The number of nitrogens with one attached hydrogen (secondary N) is 2. The van der Waals surface area contributed by atoms with Crippen molar-refractivity contribution in [1.82, 2.24) is 9.97 Å².